The molecule has 2 rings (SSSR count). The summed E-state index contributed by atoms with van der Waals surface area (Å²) in [6, 6.07) is 0. The van der Waals surface area contributed by atoms with Gasteiger partial charge in [-0.1, -0.05) is 40.0 Å². The van der Waals surface area contributed by atoms with Crippen molar-refractivity contribution < 1.29 is 0 Å². The van der Waals surface area contributed by atoms with Crippen LogP contribution in [0.15, 0.2) is 0 Å². The van der Waals surface area contributed by atoms with Crippen LogP contribution >= 0.6 is 0 Å². The maximum Gasteiger partial charge on any atom is 0.0359 e. The van der Waals surface area contributed by atoms with E-state index < -0.39 is 0 Å². The van der Waals surface area contributed by atoms with Crippen molar-refractivity contribution in [3.05, 3.63) is 0 Å². The average Bonchev–Trinajstić information content (AvgIpc) is 2.92. The summed E-state index contributed by atoms with van der Waals surface area (Å²) in [4.78, 5) is 2.81. The summed E-state index contributed by atoms with van der Waals surface area (Å²) >= 11 is 0. The Morgan fingerprint density at radius 2 is 1.84 bits per heavy atom. The third kappa shape index (κ3) is 2.58. The van der Waals surface area contributed by atoms with Crippen LogP contribution in [0.3, 0.4) is 0 Å². The molecule has 1 heterocycles. The van der Waals surface area contributed by atoms with Gasteiger partial charge in [-0.25, -0.2) is 0 Å². The largest absolute Gasteiger partial charge is 0.329 e. The summed E-state index contributed by atoms with van der Waals surface area (Å²) in [5.41, 5.74) is 7.23. The van der Waals surface area contributed by atoms with Gasteiger partial charge < -0.3 is 5.73 Å². The Balaban J connectivity index is 2.17. The molecule has 1 saturated heterocycles. The third-order valence-corrected chi connectivity index (χ3v) is 6.59. The molecule has 0 aromatic carbocycles. The minimum absolute atomic E-state index is 0.332. The predicted molar refractivity (Wildman–Crippen MR) is 83.2 cm³/mol. The van der Waals surface area contributed by atoms with E-state index in [9.17, 15) is 0 Å². The summed E-state index contributed by atoms with van der Waals surface area (Å²) in [7, 11) is 0. The quantitative estimate of drug-likeness (QED) is 0.820. The first-order valence-corrected chi connectivity index (χ1v) is 8.61. The van der Waals surface area contributed by atoms with Crippen molar-refractivity contribution in [1.29, 1.82) is 0 Å². The van der Waals surface area contributed by atoms with Gasteiger partial charge in [0.2, 0.25) is 0 Å². The van der Waals surface area contributed by atoms with Gasteiger partial charge in [0, 0.05) is 18.6 Å². The first-order valence-electron chi connectivity index (χ1n) is 8.61. The van der Waals surface area contributed by atoms with Gasteiger partial charge in [0.25, 0.3) is 0 Å². The molecule has 2 atom stereocenters. The minimum Gasteiger partial charge on any atom is -0.329 e. The highest BCUT2D eigenvalue weighted by Gasteiger charge is 2.48. The maximum absolute atomic E-state index is 6.31. The maximum atomic E-state index is 6.31. The first-order chi connectivity index (χ1) is 9.16. The Morgan fingerprint density at radius 3 is 2.37 bits per heavy atom. The summed E-state index contributed by atoms with van der Waals surface area (Å²) in [5, 5.41) is 0. The summed E-state index contributed by atoms with van der Waals surface area (Å²) in [6.45, 7) is 10.6. The fourth-order valence-corrected chi connectivity index (χ4v) is 4.84. The molecule has 1 aliphatic heterocycles. The first kappa shape index (κ1) is 15.3. The van der Waals surface area contributed by atoms with Crippen LogP contribution in [0.5, 0.6) is 0 Å². The zero-order valence-corrected chi connectivity index (χ0v) is 13.4. The molecular weight excluding hydrogens is 232 g/mol. The second kappa shape index (κ2) is 6.13. The van der Waals surface area contributed by atoms with Gasteiger partial charge in [-0.2, -0.15) is 0 Å². The van der Waals surface area contributed by atoms with Crippen molar-refractivity contribution in [1.82, 2.24) is 4.90 Å². The molecule has 2 fully saturated rings. The van der Waals surface area contributed by atoms with E-state index in [-0.39, 0.29) is 0 Å². The van der Waals surface area contributed by atoms with E-state index in [0.717, 1.165) is 12.5 Å². The number of nitrogens with zero attached hydrogens (tertiary/aromatic N) is 1. The highest BCUT2D eigenvalue weighted by Crippen LogP contribution is 2.46. The van der Waals surface area contributed by atoms with Gasteiger partial charge in [-0.05, 0) is 50.0 Å². The number of rotatable bonds is 5. The number of hydrogen-bond donors (Lipinski definition) is 1. The molecular formula is C17H34N2. The molecule has 2 aliphatic rings. The lowest BCUT2D eigenvalue weighted by Crippen LogP contribution is -2.59. The smallest absolute Gasteiger partial charge is 0.0359 e. The van der Waals surface area contributed by atoms with E-state index >= 15 is 0 Å². The number of likely N-dealkylation sites (tertiary alicyclic amines) is 1. The van der Waals surface area contributed by atoms with Crippen molar-refractivity contribution >= 4 is 0 Å². The summed E-state index contributed by atoms with van der Waals surface area (Å²) < 4.78 is 0. The molecule has 0 amide bonds. The standard InChI is InChI=1S/C17H34N2/c1-4-15-9-7-8-10-17(15,13-18)19-12-11-16(5-2,6-3)14-19/h15H,4-14,18H2,1-3H3. The Hall–Kier alpha value is -0.0800. The average molecular weight is 266 g/mol. The van der Waals surface area contributed by atoms with E-state index in [1.54, 1.807) is 0 Å². The van der Waals surface area contributed by atoms with Gasteiger partial charge in [0.15, 0.2) is 0 Å². The van der Waals surface area contributed by atoms with E-state index in [2.05, 4.69) is 25.7 Å². The van der Waals surface area contributed by atoms with E-state index in [1.165, 1.54) is 64.5 Å². The molecule has 112 valence electrons. The van der Waals surface area contributed by atoms with Crippen LogP contribution in [0.2, 0.25) is 0 Å². The molecule has 19 heavy (non-hydrogen) atoms. The van der Waals surface area contributed by atoms with E-state index in [1.807, 2.05) is 0 Å². The van der Waals surface area contributed by atoms with Crippen LogP contribution in [0.4, 0.5) is 0 Å². The minimum atomic E-state index is 0.332. The second-order valence-corrected chi connectivity index (χ2v) is 7.04. The van der Waals surface area contributed by atoms with Gasteiger partial charge in [0.05, 0.1) is 0 Å². The van der Waals surface area contributed by atoms with Crippen LogP contribution in [0.25, 0.3) is 0 Å². The van der Waals surface area contributed by atoms with E-state index in [4.69, 9.17) is 5.73 Å². The SMILES string of the molecule is CCC1CCCCC1(CN)N1CCC(CC)(CC)C1. The van der Waals surface area contributed by atoms with Crippen LogP contribution in [-0.4, -0.2) is 30.1 Å². The normalized spacial score (nSPS) is 35.7. The lowest BCUT2D eigenvalue weighted by atomic mass is 9.70. The Kier molecular flexibility index (Phi) is 4.94. The van der Waals surface area contributed by atoms with E-state index in [0.29, 0.717) is 11.0 Å². The fraction of sp³-hybridized carbons (Fsp3) is 1.00. The molecule has 2 unspecified atom stereocenters. The van der Waals surface area contributed by atoms with Crippen molar-refractivity contribution in [2.45, 2.75) is 77.7 Å². The lowest BCUT2D eigenvalue weighted by Gasteiger charge is -2.50. The second-order valence-electron chi connectivity index (χ2n) is 7.04. The van der Waals surface area contributed by atoms with Gasteiger partial charge >= 0.3 is 0 Å². The molecule has 2 nitrogen and oxygen atoms in total. The van der Waals surface area contributed by atoms with Crippen LogP contribution in [0.1, 0.15) is 72.1 Å². The molecule has 0 radical (unpaired) electrons. The molecule has 2 heteroatoms. The number of nitrogens with two attached hydrogens (primary N) is 1. The zero-order chi connectivity index (χ0) is 13.9. The summed E-state index contributed by atoms with van der Waals surface area (Å²) in [6.07, 6.45) is 10.9. The molecule has 0 spiro atoms. The van der Waals surface area contributed by atoms with Crippen LogP contribution in [-0.2, 0) is 0 Å². The molecule has 0 aromatic heterocycles. The van der Waals surface area contributed by atoms with Crippen molar-refractivity contribution in [2.24, 2.45) is 17.1 Å². The summed E-state index contributed by atoms with van der Waals surface area (Å²) in [5.74, 6) is 0.829. The zero-order valence-electron chi connectivity index (χ0n) is 13.4. The molecule has 0 aromatic rings. The molecule has 1 saturated carbocycles. The number of hydrogen-bond acceptors (Lipinski definition) is 2. The van der Waals surface area contributed by atoms with Gasteiger partial charge in [-0.3, -0.25) is 4.90 Å². The van der Waals surface area contributed by atoms with Crippen molar-refractivity contribution in [2.75, 3.05) is 19.6 Å². The Bertz CT molecular complexity index is 285. The topological polar surface area (TPSA) is 29.3 Å². The predicted octanol–water partition coefficient (Wildman–Crippen LogP) is 3.80. The Labute approximate surface area is 120 Å². The highest BCUT2D eigenvalue weighted by atomic mass is 15.2. The van der Waals surface area contributed by atoms with Gasteiger partial charge in [-0.15, -0.1) is 0 Å². The fourth-order valence-electron chi connectivity index (χ4n) is 4.84. The van der Waals surface area contributed by atoms with Gasteiger partial charge in [0.1, 0.15) is 0 Å². The highest BCUT2D eigenvalue weighted by molar-refractivity contribution is 5.04. The van der Waals surface area contributed by atoms with Crippen molar-refractivity contribution in [3.63, 3.8) is 0 Å². The van der Waals surface area contributed by atoms with Crippen LogP contribution in [0, 0.1) is 11.3 Å². The van der Waals surface area contributed by atoms with Crippen molar-refractivity contribution in [3.8, 4) is 0 Å². The monoisotopic (exact) mass is 266 g/mol. The van der Waals surface area contributed by atoms with Crippen LogP contribution < -0.4 is 5.73 Å². The lowest BCUT2D eigenvalue weighted by molar-refractivity contribution is 0.0121. The molecule has 1 aliphatic carbocycles. The third-order valence-electron chi connectivity index (χ3n) is 6.59. The molecule has 2 N–H and O–H groups in total. The Morgan fingerprint density at radius 1 is 1.11 bits per heavy atom. The molecule has 0 bridgehead atoms.